The number of fused-ring (bicyclic) bond motifs is 1. The van der Waals surface area contributed by atoms with E-state index in [1.807, 2.05) is 29.8 Å². The van der Waals surface area contributed by atoms with Gasteiger partial charge in [0.25, 0.3) is 0 Å². The number of aliphatic hydroxyl groups is 1. The molecule has 1 aromatic carbocycles. The van der Waals surface area contributed by atoms with Gasteiger partial charge in [0.1, 0.15) is 5.69 Å². The van der Waals surface area contributed by atoms with Crippen molar-refractivity contribution < 1.29 is 9.84 Å². The Morgan fingerprint density at radius 2 is 2.29 bits per heavy atom. The van der Waals surface area contributed by atoms with E-state index in [1.165, 1.54) is 0 Å². The van der Waals surface area contributed by atoms with E-state index in [0.717, 1.165) is 27.7 Å². The molecule has 3 rings (SSSR count). The van der Waals surface area contributed by atoms with Crippen LogP contribution in [-0.4, -0.2) is 37.7 Å². The molecular formula is C16H16IN4O2P. The smallest absolute Gasteiger partial charge is 0.143 e. The molecule has 0 saturated carbocycles. The van der Waals surface area contributed by atoms with Crippen LogP contribution in [0.25, 0.3) is 22.0 Å². The number of hydrogen-bond acceptors (Lipinski definition) is 4. The highest BCUT2D eigenvalue weighted by atomic mass is 127. The fraction of sp³-hybridized carbons (Fsp3) is 0.250. The number of aliphatic hydroxyl groups excluding tert-OH is 1. The lowest BCUT2D eigenvalue weighted by atomic mass is 10.0. The van der Waals surface area contributed by atoms with Crippen LogP contribution in [-0.2, 0) is 18.4 Å². The zero-order valence-electron chi connectivity index (χ0n) is 13.0. The van der Waals surface area contributed by atoms with Crippen molar-refractivity contribution in [2.24, 2.45) is 7.05 Å². The van der Waals surface area contributed by atoms with Crippen LogP contribution in [0.4, 0.5) is 0 Å². The molecule has 1 N–H and O–H groups in total. The van der Waals surface area contributed by atoms with Crippen molar-refractivity contribution in [2.45, 2.75) is 6.61 Å². The standard InChI is InChI=1S/C16H16IN4O2P/c1-3-14-12-8-11(4-5-15(12)21(19-14)24-17)13-9-18-20(2)16(13)10-23-7-6-22/h1,4-5,8-9,22,24H,6-7,10H2,2H3. The molecule has 0 saturated heterocycles. The van der Waals surface area contributed by atoms with Gasteiger partial charge in [0.05, 0.1) is 43.6 Å². The molecule has 1 unspecified atom stereocenters. The van der Waals surface area contributed by atoms with Crippen LogP contribution in [0.1, 0.15) is 11.4 Å². The topological polar surface area (TPSA) is 65.1 Å². The largest absolute Gasteiger partial charge is 0.394 e. The average molecular weight is 454 g/mol. The molecule has 0 fully saturated rings. The van der Waals surface area contributed by atoms with Gasteiger partial charge < -0.3 is 9.84 Å². The van der Waals surface area contributed by atoms with E-state index in [9.17, 15) is 0 Å². The molecule has 3 aromatic rings. The monoisotopic (exact) mass is 454 g/mol. The fourth-order valence-electron chi connectivity index (χ4n) is 2.57. The minimum Gasteiger partial charge on any atom is -0.394 e. The Morgan fingerprint density at radius 3 is 3.00 bits per heavy atom. The summed E-state index contributed by atoms with van der Waals surface area (Å²) in [5.74, 6) is 2.66. The van der Waals surface area contributed by atoms with Gasteiger partial charge in [0, 0.05) is 18.0 Å². The van der Waals surface area contributed by atoms with Crippen LogP contribution in [0.3, 0.4) is 0 Å². The highest BCUT2D eigenvalue weighted by Gasteiger charge is 2.14. The van der Waals surface area contributed by atoms with Crippen molar-refractivity contribution in [3.05, 3.63) is 35.8 Å². The van der Waals surface area contributed by atoms with Crippen LogP contribution >= 0.6 is 28.4 Å². The summed E-state index contributed by atoms with van der Waals surface area (Å²) in [6, 6.07) is 6.14. The minimum atomic E-state index is 0.000931. The van der Waals surface area contributed by atoms with Crippen LogP contribution in [0.5, 0.6) is 0 Å². The molecule has 0 spiro atoms. The normalized spacial score (nSPS) is 11.6. The number of aryl methyl sites for hydroxylation is 1. The third-order valence-corrected chi connectivity index (χ3v) is 5.62. The van der Waals surface area contributed by atoms with Gasteiger partial charge in [-0.3, -0.25) is 4.68 Å². The summed E-state index contributed by atoms with van der Waals surface area (Å²) in [6.07, 6.45) is 7.91. The van der Waals surface area contributed by atoms with Crippen LogP contribution in [0, 0.1) is 12.3 Å². The summed E-state index contributed by atoms with van der Waals surface area (Å²) in [5.41, 5.74) is 4.64. The minimum absolute atomic E-state index is 0.000931. The zero-order chi connectivity index (χ0) is 17.1. The lowest BCUT2D eigenvalue weighted by molar-refractivity contribution is 0.0782. The molecule has 2 heterocycles. The summed E-state index contributed by atoms with van der Waals surface area (Å²) in [5, 5.41) is 18.6. The molecular weight excluding hydrogens is 438 g/mol. The molecule has 1 atom stereocenters. The maximum Gasteiger partial charge on any atom is 0.143 e. The van der Waals surface area contributed by atoms with Gasteiger partial charge in [-0.05, 0) is 45.7 Å². The van der Waals surface area contributed by atoms with Crippen molar-refractivity contribution in [3.8, 4) is 23.5 Å². The van der Waals surface area contributed by atoms with Crippen LogP contribution in [0.2, 0.25) is 0 Å². The van der Waals surface area contributed by atoms with E-state index in [4.69, 9.17) is 16.3 Å². The first-order chi connectivity index (χ1) is 11.7. The Morgan fingerprint density at radius 1 is 1.46 bits per heavy atom. The van der Waals surface area contributed by atoms with E-state index in [1.54, 1.807) is 4.68 Å². The van der Waals surface area contributed by atoms with Crippen molar-refractivity contribution in [1.29, 1.82) is 0 Å². The molecule has 8 heteroatoms. The van der Waals surface area contributed by atoms with Crippen molar-refractivity contribution in [3.63, 3.8) is 0 Å². The highest BCUT2D eigenvalue weighted by Crippen LogP contribution is 2.33. The second-order valence-corrected chi connectivity index (χ2v) is 7.17. The van der Waals surface area contributed by atoms with Crippen molar-refractivity contribution >= 4 is 39.3 Å². The van der Waals surface area contributed by atoms with Gasteiger partial charge in [-0.25, -0.2) is 4.45 Å². The first-order valence-corrected chi connectivity index (χ1v) is 11.3. The molecule has 0 radical (unpaired) electrons. The Hall–Kier alpha value is -1.46. The number of rotatable bonds is 6. The van der Waals surface area contributed by atoms with Gasteiger partial charge in [-0.2, -0.15) is 10.2 Å². The Kier molecular flexibility index (Phi) is 5.51. The van der Waals surface area contributed by atoms with E-state index in [-0.39, 0.29) is 6.61 Å². The van der Waals surface area contributed by atoms with Crippen LogP contribution < -0.4 is 0 Å². The summed E-state index contributed by atoms with van der Waals surface area (Å²) in [7, 11) is 1.88. The quantitative estimate of drug-likeness (QED) is 0.269. The highest BCUT2D eigenvalue weighted by molar-refractivity contribution is 14.2. The summed E-state index contributed by atoms with van der Waals surface area (Å²) < 4.78 is 9.17. The number of nitrogens with zero attached hydrogens (tertiary/aromatic N) is 4. The maximum atomic E-state index is 8.88. The van der Waals surface area contributed by atoms with Gasteiger partial charge >= 0.3 is 0 Å². The van der Waals surface area contributed by atoms with E-state index < -0.39 is 0 Å². The molecule has 124 valence electrons. The SMILES string of the molecule is C#Cc1nn(PI)c2ccc(-c3cnn(C)c3COCCO)cc12. The maximum absolute atomic E-state index is 8.88. The predicted molar refractivity (Wildman–Crippen MR) is 104 cm³/mol. The second-order valence-electron chi connectivity index (χ2n) is 5.13. The number of aromatic nitrogens is 4. The predicted octanol–water partition coefficient (Wildman–Crippen LogP) is 2.72. The molecule has 0 aliphatic carbocycles. The fourth-order valence-corrected chi connectivity index (χ4v) is 4.09. The number of hydrogen-bond donors (Lipinski definition) is 1. The molecule has 6 nitrogen and oxygen atoms in total. The lowest BCUT2D eigenvalue weighted by Crippen LogP contribution is -2.05. The van der Waals surface area contributed by atoms with Gasteiger partial charge in [-0.15, -0.1) is 6.42 Å². The summed E-state index contributed by atoms with van der Waals surface area (Å²) >= 11 is 2.29. The molecule has 2 aromatic heterocycles. The Labute approximate surface area is 154 Å². The van der Waals surface area contributed by atoms with Crippen molar-refractivity contribution in [2.75, 3.05) is 13.2 Å². The summed E-state index contributed by atoms with van der Waals surface area (Å²) in [4.78, 5) is 0. The first-order valence-electron chi connectivity index (χ1n) is 7.25. The molecule has 0 aliphatic rings. The number of halogens is 1. The van der Waals surface area contributed by atoms with Gasteiger partial charge in [0.15, 0.2) is 0 Å². The number of terminal acetylenes is 1. The Bertz CT molecular complexity index is 913. The second kappa shape index (κ2) is 7.62. The van der Waals surface area contributed by atoms with E-state index >= 15 is 0 Å². The molecule has 0 amide bonds. The molecule has 0 aliphatic heterocycles. The third-order valence-electron chi connectivity index (χ3n) is 3.74. The van der Waals surface area contributed by atoms with Gasteiger partial charge in [0.2, 0.25) is 0 Å². The summed E-state index contributed by atoms with van der Waals surface area (Å²) in [6.45, 7) is 0.690. The molecule has 0 bridgehead atoms. The van der Waals surface area contributed by atoms with Crippen molar-refractivity contribution in [1.82, 2.24) is 19.3 Å². The van der Waals surface area contributed by atoms with Gasteiger partial charge in [-0.1, -0.05) is 6.07 Å². The molecule has 24 heavy (non-hydrogen) atoms. The lowest BCUT2D eigenvalue weighted by Gasteiger charge is -2.07. The van der Waals surface area contributed by atoms with Crippen LogP contribution in [0.15, 0.2) is 24.4 Å². The number of benzene rings is 1. The van der Waals surface area contributed by atoms with E-state index in [2.05, 4.69) is 44.2 Å². The number of ether oxygens (including phenoxy) is 1. The Balaban J connectivity index is 2.06. The van der Waals surface area contributed by atoms with E-state index in [0.29, 0.717) is 25.3 Å². The third kappa shape index (κ3) is 3.20. The average Bonchev–Trinajstić information content (AvgIpc) is 3.15. The first kappa shape index (κ1) is 17.4. The zero-order valence-corrected chi connectivity index (χ0v) is 16.2.